The number of halogens is 3. The van der Waals surface area contributed by atoms with Crippen molar-refractivity contribution in [2.45, 2.75) is 62.4 Å². The zero-order chi connectivity index (χ0) is 26.4. The van der Waals surface area contributed by atoms with Crippen LogP contribution in [0.2, 0.25) is 0 Å². The van der Waals surface area contributed by atoms with E-state index in [1.54, 1.807) is 18.5 Å². The molecule has 1 atom stereocenters. The van der Waals surface area contributed by atoms with Crippen molar-refractivity contribution < 1.29 is 36.3 Å². The van der Waals surface area contributed by atoms with E-state index < -0.39 is 33.5 Å². The Bertz CT molecular complexity index is 1190. The molecule has 1 unspecified atom stereocenters. The van der Waals surface area contributed by atoms with E-state index in [-0.39, 0.29) is 22.3 Å². The molecule has 0 spiro atoms. The number of nitrogens with one attached hydrogen (secondary N) is 2. The molecule has 0 saturated heterocycles. The summed E-state index contributed by atoms with van der Waals surface area (Å²) in [6.07, 6.45) is 3.34. The fourth-order valence-corrected chi connectivity index (χ4v) is 5.45. The third-order valence-electron chi connectivity index (χ3n) is 5.43. The second-order valence-electron chi connectivity index (χ2n) is 8.25. The Morgan fingerprint density at radius 2 is 1.89 bits per heavy atom. The van der Waals surface area contributed by atoms with Gasteiger partial charge in [-0.1, -0.05) is 32.1 Å². The molecule has 0 radical (unpaired) electrons. The monoisotopic (exact) mass is 537 g/mol. The fourth-order valence-electron chi connectivity index (χ4n) is 3.90. The lowest BCUT2D eigenvalue weighted by atomic mass is 9.80. The van der Waals surface area contributed by atoms with Gasteiger partial charge in [0.1, 0.15) is 0 Å². The number of carbonyl (C=O) groups is 2. The van der Waals surface area contributed by atoms with Crippen LogP contribution >= 0.6 is 11.3 Å². The number of pyridine rings is 1. The van der Waals surface area contributed by atoms with Gasteiger partial charge in [-0.2, -0.15) is 13.2 Å². The maximum absolute atomic E-state index is 13.1. The van der Waals surface area contributed by atoms with Crippen LogP contribution in [0.5, 0.6) is 0 Å². The van der Waals surface area contributed by atoms with Gasteiger partial charge < -0.3 is 15.4 Å². The molecule has 1 fully saturated rings. The maximum atomic E-state index is 13.1. The maximum Gasteiger partial charge on any atom is 0.490 e. The van der Waals surface area contributed by atoms with Crippen molar-refractivity contribution in [2.75, 3.05) is 11.6 Å². The lowest BCUT2D eigenvalue weighted by Gasteiger charge is -2.26. The number of sulfone groups is 1. The summed E-state index contributed by atoms with van der Waals surface area (Å²) in [5.74, 6) is -3.71. The van der Waals surface area contributed by atoms with Crippen molar-refractivity contribution in [2.24, 2.45) is 5.92 Å². The summed E-state index contributed by atoms with van der Waals surface area (Å²) in [6, 6.07) is 1.44. The van der Waals surface area contributed by atoms with Crippen molar-refractivity contribution in [3.63, 3.8) is 0 Å². The van der Waals surface area contributed by atoms with E-state index in [0.717, 1.165) is 31.9 Å². The molecule has 194 valence electrons. The molecule has 0 aromatic carbocycles. The number of aliphatic carboxylic acids is 1. The van der Waals surface area contributed by atoms with Crippen LogP contribution in [0.15, 0.2) is 27.3 Å². The van der Waals surface area contributed by atoms with E-state index in [2.05, 4.69) is 15.3 Å². The highest BCUT2D eigenvalue weighted by Gasteiger charge is 2.38. The summed E-state index contributed by atoms with van der Waals surface area (Å²) in [4.78, 5) is 41.5. The lowest BCUT2D eigenvalue weighted by Crippen LogP contribution is -2.31. The summed E-state index contributed by atoms with van der Waals surface area (Å²) >= 11 is 1.28. The summed E-state index contributed by atoms with van der Waals surface area (Å²) in [7, 11) is -3.67. The van der Waals surface area contributed by atoms with Gasteiger partial charge in [-0.3, -0.25) is 9.59 Å². The number of nitrogens with zero attached hydrogens (tertiary/aromatic N) is 1. The molecule has 3 rings (SSSR count). The van der Waals surface area contributed by atoms with Crippen molar-refractivity contribution in [1.82, 2.24) is 9.97 Å². The largest absolute Gasteiger partial charge is 0.490 e. The molecule has 3 N–H and O–H groups in total. The highest BCUT2D eigenvalue weighted by atomic mass is 32.2. The van der Waals surface area contributed by atoms with Gasteiger partial charge in [-0.25, -0.2) is 18.2 Å². The molecule has 0 aliphatic heterocycles. The van der Waals surface area contributed by atoms with Gasteiger partial charge in [0.15, 0.2) is 15.0 Å². The number of aromatic amines is 1. The third kappa shape index (κ3) is 8.46. The van der Waals surface area contributed by atoms with E-state index in [1.165, 1.54) is 23.8 Å². The fraction of sp³-hybridized carbons (Fsp3) is 0.524. The molecular weight excluding hydrogens is 511 g/mol. The molecule has 14 heteroatoms. The van der Waals surface area contributed by atoms with Gasteiger partial charge in [0.2, 0.25) is 5.91 Å². The minimum atomic E-state index is -5.08. The average Bonchev–Trinajstić information content (AvgIpc) is 3.25. The number of carbonyl (C=O) groups excluding carboxylic acids is 1. The molecule has 2 heterocycles. The molecular formula is C21H26F3N3O6S2. The first kappa shape index (κ1) is 28.5. The Kier molecular flexibility index (Phi) is 9.60. The van der Waals surface area contributed by atoms with E-state index in [4.69, 9.17) is 9.90 Å². The predicted molar refractivity (Wildman–Crippen MR) is 123 cm³/mol. The zero-order valence-corrected chi connectivity index (χ0v) is 20.6. The molecule has 0 bridgehead atoms. The number of aryl methyl sites for hydroxylation is 1. The first-order chi connectivity index (χ1) is 16.2. The van der Waals surface area contributed by atoms with E-state index in [1.807, 2.05) is 0 Å². The summed E-state index contributed by atoms with van der Waals surface area (Å²) in [5, 5.41) is 12.1. The Balaban J connectivity index is 0.000000540. The molecule has 1 aliphatic carbocycles. The minimum Gasteiger partial charge on any atom is -0.475 e. The van der Waals surface area contributed by atoms with Gasteiger partial charge in [0.05, 0.1) is 10.8 Å². The van der Waals surface area contributed by atoms with Crippen molar-refractivity contribution in [3.8, 4) is 0 Å². The molecule has 2 aromatic rings. The van der Waals surface area contributed by atoms with Gasteiger partial charge in [-0.05, 0) is 25.3 Å². The Labute approximate surface area is 203 Å². The first-order valence-electron chi connectivity index (χ1n) is 10.6. The van der Waals surface area contributed by atoms with Gasteiger partial charge >= 0.3 is 12.1 Å². The van der Waals surface area contributed by atoms with Crippen LogP contribution in [0.1, 0.15) is 55.7 Å². The molecule has 9 nitrogen and oxygen atoms in total. The lowest BCUT2D eigenvalue weighted by molar-refractivity contribution is -0.192. The number of thiazole rings is 1. The van der Waals surface area contributed by atoms with Gasteiger partial charge in [0.25, 0.3) is 5.56 Å². The van der Waals surface area contributed by atoms with E-state index in [0.29, 0.717) is 17.2 Å². The summed E-state index contributed by atoms with van der Waals surface area (Å²) in [5.41, 5.74) is -0.0332. The van der Waals surface area contributed by atoms with Gasteiger partial charge in [0, 0.05) is 29.1 Å². The SMILES string of the molecule is Cc1cc(S(C)(=O)=O)c(C(CC2CCCCC2)C(=O)Nc2nccs2)c(=O)[nH]1.O=C(O)C(F)(F)F. The Morgan fingerprint density at radius 3 is 2.37 bits per heavy atom. The molecule has 1 aliphatic rings. The smallest absolute Gasteiger partial charge is 0.475 e. The third-order valence-corrected chi connectivity index (χ3v) is 7.26. The second-order valence-corrected chi connectivity index (χ2v) is 11.1. The number of alkyl halides is 3. The predicted octanol–water partition coefficient (Wildman–Crippen LogP) is 3.87. The summed E-state index contributed by atoms with van der Waals surface area (Å²) < 4.78 is 56.5. The molecule has 1 amide bonds. The number of hydrogen-bond acceptors (Lipinski definition) is 7. The highest BCUT2D eigenvalue weighted by molar-refractivity contribution is 7.90. The van der Waals surface area contributed by atoms with Crippen LogP contribution in [0.25, 0.3) is 0 Å². The number of hydrogen-bond donors (Lipinski definition) is 3. The molecule has 35 heavy (non-hydrogen) atoms. The quantitative estimate of drug-likeness (QED) is 0.507. The number of rotatable bonds is 6. The topological polar surface area (TPSA) is 146 Å². The molecule has 1 saturated carbocycles. The van der Waals surface area contributed by atoms with E-state index >= 15 is 0 Å². The first-order valence-corrected chi connectivity index (χ1v) is 13.4. The number of carboxylic acid groups (broad SMARTS) is 1. The van der Waals surface area contributed by atoms with Crippen LogP contribution in [0.4, 0.5) is 18.3 Å². The van der Waals surface area contributed by atoms with Gasteiger partial charge in [-0.15, -0.1) is 11.3 Å². The average molecular weight is 538 g/mol. The molecule has 2 aromatic heterocycles. The van der Waals surface area contributed by atoms with Crippen molar-refractivity contribution in [1.29, 1.82) is 0 Å². The summed E-state index contributed by atoms with van der Waals surface area (Å²) in [6.45, 7) is 1.63. The zero-order valence-electron chi connectivity index (χ0n) is 19.0. The normalized spacial score (nSPS) is 15.6. The van der Waals surface area contributed by atoms with Crippen LogP contribution < -0.4 is 10.9 Å². The van der Waals surface area contributed by atoms with Crippen LogP contribution in [-0.4, -0.2) is 47.8 Å². The minimum absolute atomic E-state index is 0.0349. The van der Waals surface area contributed by atoms with Crippen LogP contribution in [0.3, 0.4) is 0 Å². The number of anilines is 1. The number of aromatic nitrogens is 2. The van der Waals surface area contributed by atoms with Crippen molar-refractivity contribution in [3.05, 3.63) is 39.3 Å². The Morgan fingerprint density at radius 1 is 1.29 bits per heavy atom. The Hall–Kier alpha value is -2.74. The van der Waals surface area contributed by atoms with Crippen LogP contribution in [-0.2, 0) is 19.4 Å². The highest BCUT2D eigenvalue weighted by Crippen LogP contribution is 2.35. The number of amides is 1. The number of H-pyrrole nitrogens is 1. The number of carboxylic acids is 1. The van der Waals surface area contributed by atoms with Crippen molar-refractivity contribution >= 4 is 38.2 Å². The standard InChI is InChI=1S/C19H25N3O4S2.C2HF3O2/c1-12-10-15(28(2,25)26)16(18(24)21-12)14(11-13-6-4-3-5-7-13)17(23)22-19-20-8-9-27-19;3-2(4,5)1(6)7/h8-10,13-14H,3-7,11H2,1-2H3,(H,21,24)(H,20,22,23);(H,6,7). The van der Waals surface area contributed by atoms with E-state index in [9.17, 15) is 31.2 Å². The second kappa shape index (κ2) is 11.8. The van der Waals surface area contributed by atoms with Crippen LogP contribution in [0, 0.1) is 12.8 Å².